The highest BCUT2D eigenvalue weighted by Gasteiger charge is 2.22. The second-order valence-corrected chi connectivity index (χ2v) is 5.76. The van der Waals surface area contributed by atoms with E-state index >= 15 is 0 Å². The Kier molecular flexibility index (Phi) is 5.44. The summed E-state index contributed by atoms with van der Waals surface area (Å²) in [5.41, 5.74) is 0.710. The van der Waals surface area contributed by atoms with Gasteiger partial charge in [-0.3, -0.25) is 0 Å². The van der Waals surface area contributed by atoms with Crippen LogP contribution < -0.4 is 10.1 Å². The summed E-state index contributed by atoms with van der Waals surface area (Å²) in [5, 5.41) is 2.93. The van der Waals surface area contributed by atoms with Gasteiger partial charge in [0.05, 0.1) is 25.0 Å². The number of nitrogens with zero attached hydrogens (tertiary/aromatic N) is 1. The maximum absolute atomic E-state index is 12.3. The number of para-hydroxylation sites is 2. The molecule has 0 bridgehead atoms. The molecular formula is C16H24N2O3. The Labute approximate surface area is 126 Å². The summed E-state index contributed by atoms with van der Waals surface area (Å²) in [6, 6.07) is 7.42. The Balaban J connectivity index is 1.99. The third-order valence-electron chi connectivity index (χ3n) is 3.23. The zero-order valence-electron chi connectivity index (χ0n) is 13.0. The second kappa shape index (κ2) is 7.31. The molecule has 2 rings (SSSR count). The lowest BCUT2D eigenvalue weighted by Gasteiger charge is -2.31. The molecule has 0 saturated carbocycles. The summed E-state index contributed by atoms with van der Waals surface area (Å²) in [7, 11) is 0. The number of anilines is 1. The summed E-state index contributed by atoms with van der Waals surface area (Å²) >= 11 is 0. The van der Waals surface area contributed by atoms with Gasteiger partial charge in [0.15, 0.2) is 0 Å². The van der Waals surface area contributed by atoms with Crippen molar-refractivity contribution in [3.05, 3.63) is 24.3 Å². The molecule has 1 aliphatic rings. The van der Waals surface area contributed by atoms with E-state index in [-0.39, 0.29) is 12.1 Å². The summed E-state index contributed by atoms with van der Waals surface area (Å²) in [6.07, 6.45) is 0.0805. The van der Waals surface area contributed by atoms with Crippen LogP contribution in [-0.2, 0) is 4.74 Å². The highest BCUT2D eigenvalue weighted by Crippen LogP contribution is 2.24. The van der Waals surface area contributed by atoms with Gasteiger partial charge in [-0.1, -0.05) is 26.0 Å². The number of nitrogens with one attached hydrogen (secondary N) is 1. The quantitative estimate of drug-likeness (QED) is 0.928. The van der Waals surface area contributed by atoms with E-state index in [1.165, 1.54) is 0 Å². The Morgan fingerprint density at radius 1 is 1.48 bits per heavy atom. The van der Waals surface area contributed by atoms with Crippen LogP contribution in [0.15, 0.2) is 24.3 Å². The number of ether oxygens (including phenoxy) is 2. The largest absolute Gasteiger partial charge is 0.491 e. The number of amides is 2. The van der Waals surface area contributed by atoms with Crippen LogP contribution in [0.1, 0.15) is 20.8 Å². The summed E-state index contributed by atoms with van der Waals surface area (Å²) < 4.78 is 11.2. The molecule has 1 aromatic rings. The Bertz CT molecular complexity index is 476. The van der Waals surface area contributed by atoms with E-state index in [4.69, 9.17) is 9.47 Å². The van der Waals surface area contributed by atoms with Crippen molar-refractivity contribution in [2.75, 3.05) is 31.6 Å². The molecule has 1 aromatic carbocycles. The normalized spacial score (nSPS) is 18.7. The van der Waals surface area contributed by atoms with E-state index < -0.39 is 0 Å². The highest BCUT2D eigenvalue weighted by molar-refractivity contribution is 5.91. The van der Waals surface area contributed by atoms with Crippen molar-refractivity contribution >= 4 is 11.7 Å². The number of carbonyl (C=O) groups is 1. The number of carbonyl (C=O) groups excluding carboxylic acids is 1. The third kappa shape index (κ3) is 4.63. The monoisotopic (exact) mass is 292 g/mol. The Hall–Kier alpha value is -1.75. The SMILES string of the molecule is CC(C)COc1ccccc1NC(=O)N1CCOC(C)C1. The van der Waals surface area contributed by atoms with E-state index in [9.17, 15) is 4.79 Å². The van der Waals surface area contributed by atoms with Gasteiger partial charge in [0.1, 0.15) is 5.75 Å². The maximum Gasteiger partial charge on any atom is 0.322 e. The van der Waals surface area contributed by atoms with Gasteiger partial charge in [-0.05, 0) is 25.0 Å². The number of hydrogen-bond acceptors (Lipinski definition) is 3. The van der Waals surface area contributed by atoms with E-state index in [0.717, 1.165) is 0 Å². The molecule has 116 valence electrons. The topological polar surface area (TPSA) is 50.8 Å². The van der Waals surface area contributed by atoms with Gasteiger partial charge >= 0.3 is 6.03 Å². The minimum atomic E-state index is -0.106. The average molecular weight is 292 g/mol. The van der Waals surface area contributed by atoms with Gasteiger partial charge in [0, 0.05) is 13.1 Å². The van der Waals surface area contributed by atoms with Crippen LogP contribution in [0.3, 0.4) is 0 Å². The molecule has 1 saturated heterocycles. The first-order chi connectivity index (χ1) is 10.1. The van der Waals surface area contributed by atoms with Gasteiger partial charge < -0.3 is 19.7 Å². The zero-order valence-corrected chi connectivity index (χ0v) is 13.0. The lowest BCUT2D eigenvalue weighted by Crippen LogP contribution is -2.46. The third-order valence-corrected chi connectivity index (χ3v) is 3.23. The summed E-state index contributed by atoms with van der Waals surface area (Å²) in [6.45, 7) is 8.60. The van der Waals surface area contributed by atoms with E-state index in [2.05, 4.69) is 19.2 Å². The van der Waals surface area contributed by atoms with Gasteiger partial charge in [0.25, 0.3) is 0 Å². The first kappa shape index (κ1) is 15.6. The van der Waals surface area contributed by atoms with Gasteiger partial charge in [-0.15, -0.1) is 0 Å². The molecule has 1 atom stereocenters. The molecule has 1 aliphatic heterocycles. The first-order valence-corrected chi connectivity index (χ1v) is 7.45. The van der Waals surface area contributed by atoms with Crippen molar-refractivity contribution in [1.82, 2.24) is 4.90 Å². The Morgan fingerprint density at radius 3 is 2.95 bits per heavy atom. The minimum Gasteiger partial charge on any atom is -0.491 e. The molecule has 1 unspecified atom stereocenters. The van der Waals surface area contributed by atoms with Gasteiger partial charge in [-0.2, -0.15) is 0 Å². The van der Waals surface area contributed by atoms with Crippen LogP contribution in [0.4, 0.5) is 10.5 Å². The van der Waals surface area contributed by atoms with E-state index in [0.29, 0.717) is 43.7 Å². The van der Waals surface area contributed by atoms with Crippen LogP contribution in [-0.4, -0.2) is 43.3 Å². The predicted molar refractivity (Wildman–Crippen MR) is 82.8 cm³/mol. The molecule has 0 spiro atoms. The van der Waals surface area contributed by atoms with Gasteiger partial charge in [-0.25, -0.2) is 4.79 Å². The van der Waals surface area contributed by atoms with E-state index in [1.54, 1.807) is 4.90 Å². The fourth-order valence-electron chi connectivity index (χ4n) is 2.15. The number of urea groups is 1. The molecule has 0 aliphatic carbocycles. The summed E-state index contributed by atoms with van der Waals surface area (Å²) in [5.74, 6) is 1.15. The predicted octanol–water partition coefficient (Wildman–Crippen LogP) is 2.97. The minimum absolute atomic E-state index is 0.0805. The Morgan fingerprint density at radius 2 is 2.24 bits per heavy atom. The maximum atomic E-state index is 12.3. The number of morpholine rings is 1. The number of rotatable bonds is 4. The van der Waals surface area contributed by atoms with Gasteiger partial charge in [0.2, 0.25) is 0 Å². The molecule has 1 N–H and O–H groups in total. The lowest BCUT2D eigenvalue weighted by atomic mass is 10.2. The highest BCUT2D eigenvalue weighted by atomic mass is 16.5. The van der Waals surface area contributed by atoms with Crippen molar-refractivity contribution in [3.8, 4) is 5.75 Å². The van der Waals surface area contributed by atoms with Crippen LogP contribution >= 0.6 is 0 Å². The molecule has 5 nitrogen and oxygen atoms in total. The first-order valence-electron chi connectivity index (χ1n) is 7.45. The molecular weight excluding hydrogens is 268 g/mol. The lowest BCUT2D eigenvalue weighted by molar-refractivity contribution is -0.00139. The van der Waals surface area contributed by atoms with E-state index in [1.807, 2.05) is 31.2 Å². The standard InChI is InChI=1S/C16H24N2O3/c1-12(2)11-21-15-7-5-4-6-14(15)17-16(19)18-8-9-20-13(3)10-18/h4-7,12-13H,8-11H2,1-3H3,(H,17,19). The van der Waals surface area contributed by atoms with Crippen LogP contribution in [0.5, 0.6) is 5.75 Å². The van der Waals surface area contributed by atoms with Crippen molar-refractivity contribution in [2.45, 2.75) is 26.9 Å². The molecule has 21 heavy (non-hydrogen) atoms. The fourth-order valence-corrected chi connectivity index (χ4v) is 2.15. The van der Waals surface area contributed by atoms with Crippen molar-refractivity contribution < 1.29 is 14.3 Å². The molecule has 1 heterocycles. The number of benzene rings is 1. The summed E-state index contributed by atoms with van der Waals surface area (Å²) in [4.78, 5) is 14.1. The van der Waals surface area contributed by atoms with Crippen molar-refractivity contribution in [1.29, 1.82) is 0 Å². The fraction of sp³-hybridized carbons (Fsp3) is 0.562. The van der Waals surface area contributed by atoms with Crippen molar-refractivity contribution in [2.24, 2.45) is 5.92 Å². The molecule has 5 heteroatoms. The smallest absolute Gasteiger partial charge is 0.322 e. The second-order valence-electron chi connectivity index (χ2n) is 5.76. The van der Waals surface area contributed by atoms with Crippen LogP contribution in [0.2, 0.25) is 0 Å². The number of hydrogen-bond donors (Lipinski definition) is 1. The van der Waals surface area contributed by atoms with Crippen molar-refractivity contribution in [3.63, 3.8) is 0 Å². The molecule has 0 aromatic heterocycles. The zero-order chi connectivity index (χ0) is 15.2. The average Bonchev–Trinajstić information content (AvgIpc) is 2.46. The van der Waals surface area contributed by atoms with Crippen LogP contribution in [0.25, 0.3) is 0 Å². The molecule has 1 fully saturated rings. The molecule has 0 radical (unpaired) electrons. The molecule has 2 amide bonds. The van der Waals surface area contributed by atoms with Crippen LogP contribution in [0, 0.1) is 5.92 Å².